The number of carbonyl (C=O) groups is 1. The van der Waals surface area contributed by atoms with Crippen LogP contribution in [0, 0.1) is 0 Å². The highest BCUT2D eigenvalue weighted by Gasteiger charge is 2.35. The van der Waals surface area contributed by atoms with E-state index in [-0.39, 0.29) is 18.3 Å². The number of nitrogens with zero attached hydrogens (tertiary/aromatic N) is 1. The number of alkyl halides is 3. The maximum atomic E-state index is 13.0. The van der Waals surface area contributed by atoms with E-state index in [4.69, 9.17) is 4.74 Å². The van der Waals surface area contributed by atoms with Crippen LogP contribution in [0.4, 0.5) is 23.7 Å². The number of rotatable bonds is 3. The molecular weight excluding hydrogens is 321 g/mol. The normalized spacial score (nSPS) is 18.6. The van der Waals surface area contributed by atoms with Crippen molar-refractivity contribution in [3.8, 4) is 0 Å². The van der Waals surface area contributed by atoms with Crippen LogP contribution >= 0.6 is 0 Å². The molecule has 1 aromatic carbocycles. The lowest BCUT2D eigenvalue weighted by atomic mass is 10.1. The number of amides is 1. The fraction of sp³-hybridized carbons (Fsp3) is 0.588. The zero-order chi connectivity index (χ0) is 18.0. The zero-order valence-corrected chi connectivity index (χ0v) is 14.1. The van der Waals surface area contributed by atoms with Gasteiger partial charge in [0.05, 0.1) is 11.6 Å². The second kappa shape index (κ2) is 6.91. The number of carbonyl (C=O) groups excluding carboxylic acids is 1. The molecule has 1 heterocycles. The molecule has 1 aliphatic rings. The summed E-state index contributed by atoms with van der Waals surface area (Å²) in [5.74, 6) is 0. The Morgan fingerprint density at radius 1 is 1.29 bits per heavy atom. The number of hydrogen-bond acceptors (Lipinski definition) is 3. The van der Waals surface area contributed by atoms with Crippen LogP contribution in [-0.4, -0.2) is 35.7 Å². The fourth-order valence-corrected chi connectivity index (χ4v) is 2.72. The number of likely N-dealkylation sites (tertiary alicyclic amines) is 1. The van der Waals surface area contributed by atoms with E-state index in [1.807, 2.05) is 0 Å². The van der Waals surface area contributed by atoms with Crippen molar-refractivity contribution in [3.05, 3.63) is 29.8 Å². The minimum absolute atomic E-state index is 0.0287. The molecule has 0 unspecified atom stereocenters. The van der Waals surface area contributed by atoms with Gasteiger partial charge in [0.2, 0.25) is 0 Å². The molecular formula is C17H23F3N2O2. The number of halogens is 3. The van der Waals surface area contributed by atoms with E-state index < -0.39 is 23.4 Å². The number of para-hydroxylation sites is 1. The fourth-order valence-electron chi connectivity index (χ4n) is 2.72. The minimum atomic E-state index is -4.41. The second-order valence-electron chi connectivity index (χ2n) is 6.89. The molecule has 0 bridgehead atoms. The molecule has 4 nitrogen and oxygen atoms in total. The first-order valence-electron chi connectivity index (χ1n) is 7.97. The van der Waals surface area contributed by atoms with Crippen LogP contribution in [-0.2, 0) is 10.9 Å². The van der Waals surface area contributed by atoms with Gasteiger partial charge in [-0.2, -0.15) is 13.2 Å². The van der Waals surface area contributed by atoms with Crippen LogP contribution in [0.15, 0.2) is 24.3 Å². The van der Waals surface area contributed by atoms with Crippen LogP contribution < -0.4 is 5.32 Å². The first-order chi connectivity index (χ1) is 11.1. The molecule has 0 spiro atoms. The molecule has 0 aliphatic carbocycles. The lowest BCUT2D eigenvalue weighted by Crippen LogP contribution is -2.42. The molecule has 2 rings (SSSR count). The van der Waals surface area contributed by atoms with Crippen molar-refractivity contribution >= 4 is 11.8 Å². The summed E-state index contributed by atoms with van der Waals surface area (Å²) < 4.78 is 44.4. The Hall–Kier alpha value is -1.92. The van der Waals surface area contributed by atoms with Crippen molar-refractivity contribution in [2.24, 2.45) is 0 Å². The molecule has 1 aromatic rings. The summed E-state index contributed by atoms with van der Waals surface area (Å²) in [5.41, 5.74) is -1.27. The predicted octanol–water partition coefficient (Wildman–Crippen LogP) is 4.52. The van der Waals surface area contributed by atoms with Crippen molar-refractivity contribution in [3.63, 3.8) is 0 Å². The van der Waals surface area contributed by atoms with Gasteiger partial charge in [-0.05, 0) is 45.7 Å². The van der Waals surface area contributed by atoms with E-state index >= 15 is 0 Å². The monoisotopic (exact) mass is 344 g/mol. The van der Waals surface area contributed by atoms with E-state index in [0.29, 0.717) is 6.54 Å². The first-order valence-corrected chi connectivity index (χ1v) is 7.97. The van der Waals surface area contributed by atoms with Gasteiger partial charge in [-0.25, -0.2) is 4.79 Å². The number of anilines is 1. The molecule has 1 amide bonds. The Kier molecular flexibility index (Phi) is 5.30. The van der Waals surface area contributed by atoms with E-state index in [9.17, 15) is 18.0 Å². The van der Waals surface area contributed by atoms with Gasteiger partial charge >= 0.3 is 12.3 Å². The van der Waals surface area contributed by atoms with E-state index in [0.717, 1.165) is 18.9 Å². The van der Waals surface area contributed by atoms with Gasteiger partial charge in [0.15, 0.2) is 0 Å². The van der Waals surface area contributed by atoms with Crippen LogP contribution in [0.3, 0.4) is 0 Å². The summed E-state index contributed by atoms with van der Waals surface area (Å²) in [5, 5.41) is 2.84. The Bertz CT molecular complexity index is 582. The highest BCUT2D eigenvalue weighted by atomic mass is 19.4. The zero-order valence-electron chi connectivity index (χ0n) is 14.1. The molecule has 0 radical (unpaired) electrons. The van der Waals surface area contributed by atoms with Crippen molar-refractivity contribution in [2.75, 3.05) is 18.4 Å². The third-order valence-electron chi connectivity index (χ3n) is 3.77. The molecule has 1 fully saturated rings. The van der Waals surface area contributed by atoms with Crippen LogP contribution in [0.2, 0.25) is 0 Å². The summed E-state index contributed by atoms with van der Waals surface area (Å²) in [6, 6.07) is 5.17. The summed E-state index contributed by atoms with van der Waals surface area (Å²) >= 11 is 0. The standard InChI is InChI=1S/C17H23F3N2O2/c1-16(2,3)24-15(23)22-10-6-7-12(22)11-21-14-9-5-4-8-13(14)17(18,19)20/h4-5,8-9,12,21H,6-7,10-11H2,1-3H3/t12-/m0/s1. The molecule has 24 heavy (non-hydrogen) atoms. The lowest BCUT2D eigenvalue weighted by molar-refractivity contribution is -0.137. The molecule has 7 heteroatoms. The molecule has 1 saturated heterocycles. The highest BCUT2D eigenvalue weighted by molar-refractivity contribution is 5.69. The Morgan fingerprint density at radius 3 is 2.58 bits per heavy atom. The predicted molar refractivity (Wildman–Crippen MR) is 85.9 cm³/mol. The number of hydrogen-bond donors (Lipinski definition) is 1. The van der Waals surface area contributed by atoms with Crippen molar-refractivity contribution in [1.29, 1.82) is 0 Å². The average Bonchev–Trinajstić information content (AvgIpc) is 2.91. The first kappa shape index (κ1) is 18.4. The van der Waals surface area contributed by atoms with E-state index in [1.54, 1.807) is 31.7 Å². The summed E-state index contributed by atoms with van der Waals surface area (Å²) in [4.78, 5) is 13.8. The summed E-state index contributed by atoms with van der Waals surface area (Å²) in [6.07, 6.45) is -3.28. The number of nitrogens with one attached hydrogen (secondary N) is 1. The molecule has 1 aliphatic heterocycles. The second-order valence-corrected chi connectivity index (χ2v) is 6.89. The average molecular weight is 344 g/mol. The third kappa shape index (κ3) is 4.79. The van der Waals surface area contributed by atoms with Gasteiger partial charge in [-0.15, -0.1) is 0 Å². The molecule has 0 saturated carbocycles. The topological polar surface area (TPSA) is 41.6 Å². The van der Waals surface area contributed by atoms with Crippen molar-refractivity contribution in [2.45, 2.75) is 51.4 Å². The van der Waals surface area contributed by atoms with Crippen molar-refractivity contribution in [1.82, 2.24) is 4.90 Å². The van der Waals surface area contributed by atoms with Crippen LogP contribution in [0.5, 0.6) is 0 Å². The maximum absolute atomic E-state index is 13.0. The van der Waals surface area contributed by atoms with Crippen LogP contribution in [0.1, 0.15) is 39.2 Å². The Balaban J connectivity index is 2.03. The SMILES string of the molecule is CC(C)(C)OC(=O)N1CCC[C@H]1CNc1ccccc1C(F)(F)F. The van der Waals surface area contributed by atoms with Gasteiger partial charge in [-0.3, -0.25) is 0 Å². The van der Waals surface area contributed by atoms with E-state index in [1.165, 1.54) is 12.1 Å². The van der Waals surface area contributed by atoms with Gasteiger partial charge in [0, 0.05) is 18.8 Å². The highest BCUT2D eigenvalue weighted by Crippen LogP contribution is 2.34. The lowest BCUT2D eigenvalue weighted by Gasteiger charge is -2.29. The third-order valence-corrected chi connectivity index (χ3v) is 3.77. The van der Waals surface area contributed by atoms with Crippen LogP contribution in [0.25, 0.3) is 0 Å². The quantitative estimate of drug-likeness (QED) is 0.877. The van der Waals surface area contributed by atoms with Gasteiger partial charge in [0.25, 0.3) is 0 Å². The van der Waals surface area contributed by atoms with Crippen molar-refractivity contribution < 1.29 is 22.7 Å². The van der Waals surface area contributed by atoms with Gasteiger partial charge < -0.3 is 15.0 Å². The molecule has 1 atom stereocenters. The minimum Gasteiger partial charge on any atom is -0.444 e. The Labute approximate surface area is 140 Å². The summed E-state index contributed by atoms with van der Waals surface area (Å²) in [7, 11) is 0. The number of ether oxygens (including phenoxy) is 1. The molecule has 1 N–H and O–H groups in total. The smallest absolute Gasteiger partial charge is 0.418 e. The maximum Gasteiger partial charge on any atom is 0.418 e. The summed E-state index contributed by atoms with van der Waals surface area (Å²) in [6.45, 7) is 6.17. The van der Waals surface area contributed by atoms with Gasteiger partial charge in [0.1, 0.15) is 5.60 Å². The largest absolute Gasteiger partial charge is 0.444 e. The van der Waals surface area contributed by atoms with E-state index in [2.05, 4.69) is 5.32 Å². The Morgan fingerprint density at radius 2 is 1.96 bits per heavy atom. The van der Waals surface area contributed by atoms with Gasteiger partial charge in [-0.1, -0.05) is 12.1 Å². The molecule has 134 valence electrons. The number of benzene rings is 1. The molecule has 0 aromatic heterocycles.